The summed E-state index contributed by atoms with van der Waals surface area (Å²) in [6.45, 7) is 2.06. The fourth-order valence-corrected chi connectivity index (χ4v) is 2.62. The number of halogens is 2. The molecular weight excluding hydrogens is 307 g/mol. The second-order valence-corrected chi connectivity index (χ2v) is 5.75. The zero-order valence-electron chi connectivity index (χ0n) is 11.6. The Kier molecular flexibility index (Phi) is 3.74. The van der Waals surface area contributed by atoms with Crippen LogP contribution in [0.1, 0.15) is 18.5 Å². The molecule has 108 valence electrons. The molecule has 1 N–H and O–H groups in total. The Morgan fingerprint density at radius 2 is 1.90 bits per heavy atom. The van der Waals surface area contributed by atoms with E-state index in [1.807, 2.05) is 31.6 Å². The molecule has 0 aliphatic carbocycles. The first kappa shape index (κ1) is 14.2. The van der Waals surface area contributed by atoms with Crippen LogP contribution in [0.15, 0.2) is 36.7 Å². The molecule has 6 heteroatoms. The topological polar surface area (TPSA) is 42.7 Å². The van der Waals surface area contributed by atoms with E-state index < -0.39 is 0 Å². The number of fused-ring (bicyclic) bond motifs is 1. The van der Waals surface area contributed by atoms with Gasteiger partial charge < -0.3 is 5.32 Å². The first-order chi connectivity index (χ1) is 10.0. The minimum atomic E-state index is 0.0987. The van der Waals surface area contributed by atoms with Gasteiger partial charge in [0.2, 0.25) is 0 Å². The maximum Gasteiger partial charge on any atom is 0.127 e. The van der Waals surface area contributed by atoms with Crippen molar-refractivity contribution < 1.29 is 0 Å². The van der Waals surface area contributed by atoms with E-state index in [2.05, 4.69) is 22.3 Å². The van der Waals surface area contributed by atoms with Crippen molar-refractivity contribution in [3.05, 3.63) is 52.3 Å². The third-order valence-electron chi connectivity index (χ3n) is 3.34. The van der Waals surface area contributed by atoms with Gasteiger partial charge in [-0.3, -0.25) is 4.68 Å². The number of rotatable bonds is 3. The van der Waals surface area contributed by atoms with Gasteiger partial charge in [-0.05, 0) is 31.2 Å². The lowest BCUT2D eigenvalue weighted by atomic mass is 10.2. The average Bonchev–Trinajstić information content (AvgIpc) is 2.90. The zero-order valence-corrected chi connectivity index (χ0v) is 13.2. The van der Waals surface area contributed by atoms with Crippen LogP contribution in [0.3, 0.4) is 0 Å². The summed E-state index contributed by atoms with van der Waals surface area (Å²) >= 11 is 12.4. The van der Waals surface area contributed by atoms with Crippen LogP contribution >= 0.6 is 23.2 Å². The maximum atomic E-state index is 6.20. The number of nitrogens with one attached hydrogen (secondary N) is 1. The molecule has 3 rings (SSSR count). The van der Waals surface area contributed by atoms with E-state index in [0.717, 1.165) is 16.8 Å². The number of anilines is 1. The zero-order chi connectivity index (χ0) is 15.0. The van der Waals surface area contributed by atoms with Crippen molar-refractivity contribution in [2.45, 2.75) is 13.0 Å². The molecular formula is C15H14Cl2N4. The Hall–Kier alpha value is -1.78. The molecule has 1 unspecified atom stereocenters. The largest absolute Gasteiger partial charge is 0.363 e. The third kappa shape index (κ3) is 2.82. The SMILES string of the molecule is CC(Nc1ccc2c(Cl)ccc(Cl)c2n1)c1cnn(C)c1. The second-order valence-electron chi connectivity index (χ2n) is 4.94. The Labute approximate surface area is 132 Å². The summed E-state index contributed by atoms with van der Waals surface area (Å²) in [5.41, 5.74) is 1.80. The van der Waals surface area contributed by atoms with Crippen molar-refractivity contribution in [1.29, 1.82) is 0 Å². The van der Waals surface area contributed by atoms with Crippen LogP contribution < -0.4 is 5.32 Å². The quantitative estimate of drug-likeness (QED) is 0.775. The van der Waals surface area contributed by atoms with Gasteiger partial charge in [0, 0.05) is 24.2 Å². The highest BCUT2D eigenvalue weighted by Crippen LogP contribution is 2.30. The first-order valence-electron chi connectivity index (χ1n) is 6.54. The molecule has 0 saturated carbocycles. The molecule has 0 amide bonds. The first-order valence-corrected chi connectivity index (χ1v) is 7.30. The van der Waals surface area contributed by atoms with E-state index in [-0.39, 0.29) is 6.04 Å². The van der Waals surface area contributed by atoms with Gasteiger partial charge >= 0.3 is 0 Å². The van der Waals surface area contributed by atoms with Crippen molar-refractivity contribution >= 4 is 39.9 Å². The predicted molar refractivity (Wildman–Crippen MR) is 87.0 cm³/mol. The molecule has 4 nitrogen and oxygen atoms in total. The molecule has 0 aliphatic heterocycles. The van der Waals surface area contributed by atoms with Crippen LogP contribution in [0.2, 0.25) is 10.0 Å². The summed E-state index contributed by atoms with van der Waals surface area (Å²) in [5, 5.41) is 9.60. The van der Waals surface area contributed by atoms with Crippen molar-refractivity contribution in [2.24, 2.45) is 7.05 Å². The van der Waals surface area contributed by atoms with Crippen molar-refractivity contribution in [3.63, 3.8) is 0 Å². The summed E-state index contributed by atoms with van der Waals surface area (Å²) in [7, 11) is 1.90. The van der Waals surface area contributed by atoms with Gasteiger partial charge in [0.1, 0.15) is 5.82 Å². The summed E-state index contributed by atoms with van der Waals surface area (Å²) in [4.78, 5) is 4.55. The molecule has 21 heavy (non-hydrogen) atoms. The Balaban J connectivity index is 1.93. The Bertz CT molecular complexity index is 797. The Morgan fingerprint density at radius 3 is 2.62 bits per heavy atom. The van der Waals surface area contributed by atoms with E-state index in [1.165, 1.54) is 0 Å². The molecule has 3 aromatic rings. The summed E-state index contributed by atoms with van der Waals surface area (Å²) in [6.07, 6.45) is 3.81. The van der Waals surface area contributed by atoms with Gasteiger partial charge in [0.25, 0.3) is 0 Å². The molecule has 0 bridgehead atoms. The number of aryl methyl sites for hydroxylation is 1. The number of hydrogen-bond donors (Lipinski definition) is 1. The van der Waals surface area contributed by atoms with E-state index in [1.54, 1.807) is 16.8 Å². The van der Waals surface area contributed by atoms with E-state index in [0.29, 0.717) is 15.6 Å². The van der Waals surface area contributed by atoms with Gasteiger partial charge in [-0.1, -0.05) is 23.2 Å². The molecule has 2 aromatic heterocycles. The van der Waals surface area contributed by atoms with Crippen LogP contribution in [0.5, 0.6) is 0 Å². The second kappa shape index (κ2) is 5.54. The van der Waals surface area contributed by atoms with Gasteiger partial charge in [0.15, 0.2) is 0 Å². The Morgan fingerprint density at radius 1 is 1.14 bits per heavy atom. The molecule has 0 aliphatic rings. The van der Waals surface area contributed by atoms with Gasteiger partial charge in [-0.25, -0.2) is 4.98 Å². The predicted octanol–water partition coefficient (Wildman–Crippen LogP) is 4.45. The number of benzene rings is 1. The highest BCUT2D eigenvalue weighted by Gasteiger charge is 2.10. The molecule has 1 atom stereocenters. The van der Waals surface area contributed by atoms with Crippen LogP contribution in [0.4, 0.5) is 5.82 Å². The standard InChI is InChI=1S/C15H14Cl2N4/c1-9(10-7-18-21(2)8-10)19-14-6-3-11-12(16)4-5-13(17)15(11)20-14/h3-9H,1-2H3,(H,19,20). The van der Waals surface area contributed by atoms with Gasteiger partial charge in [-0.15, -0.1) is 0 Å². The molecule has 1 aromatic carbocycles. The molecule has 2 heterocycles. The fraction of sp³-hybridized carbons (Fsp3) is 0.200. The number of aromatic nitrogens is 3. The average molecular weight is 321 g/mol. The summed E-state index contributed by atoms with van der Waals surface area (Å²) < 4.78 is 1.78. The fourth-order valence-electron chi connectivity index (χ4n) is 2.20. The molecule has 0 radical (unpaired) electrons. The smallest absolute Gasteiger partial charge is 0.127 e. The van der Waals surface area contributed by atoms with Gasteiger partial charge in [0.05, 0.1) is 27.8 Å². The lowest BCUT2D eigenvalue weighted by molar-refractivity contribution is 0.765. The van der Waals surface area contributed by atoms with Gasteiger partial charge in [-0.2, -0.15) is 5.10 Å². The summed E-state index contributed by atoms with van der Waals surface area (Å²) in [6, 6.07) is 7.46. The lowest BCUT2D eigenvalue weighted by Gasteiger charge is -2.13. The number of pyridine rings is 1. The normalized spacial score (nSPS) is 12.6. The number of hydrogen-bond acceptors (Lipinski definition) is 3. The maximum absolute atomic E-state index is 6.20. The number of nitrogens with zero attached hydrogens (tertiary/aromatic N) is 3. The minimum absolute atomic E-state index is 0.0987. The summed E-state index contributed by atoms with van der Waals surface area (Å²) in [5.74, 6) is 0.753. The van der Waals surface area contributed by atoms with Crippen LogP contribution in [0, 0.1) is 0 Å². The van der Waals surface area contributed by atoms with Crippen molar-refractivity contribution in [1.82, 2.24) is 14.8 Å². The molecule has 0 spiro atoms. The van der Waals surface area contributed by atoms with E-state index >= 15 is 0 Å². The van der Waals surface area contributed by atoms with Crippen molar-refractivity contribution in [3.8, 4) is 0 Å². The van der Waals surface area contributed by atoms with E-state index in [4.69, 9.17) is 23.2 Å². The lowest BCUT2D eigenvalue weighted by Crippen LogP contribution is -2.07. The molecule has 0 saturated heterocycles. The van der Waals surface area contributed by atoms with Crippen LogP contribution in [0.25, 0.3) is 10.9 Å². The monoisotopic (exact) mass is 320 g/mol. The van der Waals surface area contributed by atoms with Crippen molar-refractivity contribution in [2.75, 3.05) is 5.32 Å². The minimum Gasteiger partial charge on any atom is -0.363 e. The third-order valence-corrected chi connectivity index (χ3v) is 3.98. The van der Waals surface area contributed by atoms with Crippen LogP contribution in [-0.4, -0.2) is 14.8 Å². The van der Waals surface area contributed by atoms with Crippen LogP contribution in [-0.2, 0) is 7.05 Å². The van der Waals surface area contributed by atoms with E-state index in [9.17, 15) is 0 Å². The highest BCUT2D eigenvalue weighted by atomic mass is 35.5. The highest BCUT2D eigenvalue weighted by molar-refractivity contribution is 6.39. The molecule has 0 fully saturated rings.